The van der Waals surface area contributed by atoms with E-state index in [0.29, 0.717) is 5.76 Å². The predicted molar refractivity (Wildman–Crippen MR) is 117 cm³/mol. The van der Waals surface area contributed by atoms with E-state index < -0.39 is 6.10 Å². The van der Waals surface area contributed by atoms with E-state index >= 15 is 0 Å². The summed E-state index contributed by atoms with van der Waals surface area (Å²) in [6, 6.07) is 15.2. The fourth-order valence-corrected chi connectivity index (χ4v) is 4.36. The third-order valence-corrected chi connectivity index (χ3v) is 6.15. The number of rotatable bonds is 4. The molecule has 1 aliphatic carbocycles. The van der Waals surface area contributed by atoms with Gasteiger partial charge in [-0.15, -0.1) is 0 Å². The van der Waals surface area contributed by atoms with E-state index in [1.165, 1.54) is 0 Å². The first-order chi connectivity index (χ1) is 14.5. The number of benzene rings is 2. The maximum atomic E-state index is 13.3. The zero-order valence-electron chi connectivity index (χ0n) is 17.8. The van der Waals surface area contributed by atoms with Crippen LogP contribution in [0.5, 0.6) is 5.75 Å². The molecule has 1 aliphatic rings. The standard InChI is InChI=1S/C25H29NO4/c1-16-13-14-19-17(2)24(30-22(19)15-16)25(28)26(3)20-11-7-8-12-21(23(20)27)29-18-9-5-4-6-10-18/h4-6,9-10,13-15,20-21,23,27H,7-8,11-12H2,1-3H3/t20-,21-,23-/m1/s1. The van der Waals surface area contributed by atoms with Crippen LogP contribution < -0.4 is 4.74 Å². The number of aliphatic hydroxyl groups is 1. The zero-order valence-corrected chi connectivity index (χ0v) is 17.8. The largest absolute Gasteiger partial charge is 0.488 e. The van der Waals surface area contributed by atoms with E-state index in [2.05, 4.69) is 0 Å². The molecule has 5 nitrogen and oxygen atoms in total. The van der Waals surface area contributed by atoms with Gasteiger partial charge in [0.25, 0.3) is 5.91 Å². The molecule has 1 fully saturated rings. The maximum Gasteiger partial charge on any atom is 0.289 e. The summed E-state index contributed by atoms with van der Waals surface area (Å²) < 4.78 is 12.0. The number of hydrogen-bond acceptors (Lipinski definition) is 4. The summed E-state index contributed by atoms with van der Waals surface area (Å²) in [4.78, 5) is 15.0. The molecule has 30 heavy (non-hydrogen) atoms. The van der Waals surface area contributed by atoms with Crippen LogP contribution >= 0.6 is 0 Å². The molecule has 1 amide bonds. The van der Waals surface area contributed by atoms with Crippen LogP contribution in [-0.2, 0) is 0 Å². The molecule has 2 aromatic carbocycles. The topological polar surface area (TPSA) is 62.9 Å². The van der Waals surface area contributed by atoms with Gasteiger partial charge < -0.3 is 19.2 Å². The number of furan rings is 1. The lowest BCUT2D eigenvalue weighted by atomic mass is 10.0. The molecule has 1 saturated carbocycles. The molecule has 0 aliphatic heterocycles. The van der Waals surface area contributed by atoms with Crippen molar-refractivity contribution in [3.8, 4) is 5.75 Å². The number of carbonyl (C=O) groups is 1. The molecule has 1 heterocycles. The second-order valence-corrected chi connectivity index (χ2v) is 8.28. The first kappa shape index (κ1) is 20.5. The summed E-state index contributed by atoms with van der Waals surface area (Å²) in [7, 11) is 1.75. The molecule has 0 saturated heterocycles. The summed E-state index contributed by atoms with van der Waals surface area (Å²) in [6.07, 6.45) is 2.26. The van der Waals surface area contributed by atoms with Crippen LogP contribution in [0.3, 0.4) is 0 Å². The Morgan fingerprint density at radius 1 is 1.10 bits per heavy atom. The Balaban J connectivity index is 1.57. The molecule has 0 unspecified atom stereocenters. The molecule has 3 atom stereocenters. The number of amides is 1. The molecule has 0 radical (unpaired) electrons. The van der Waals surface area contributed by atoms with Crippen molar-refractivity contribution in [3.63, 3.8) is 0 Å². The number of likely N-dealkylation sites (N-methyl/N-ethyl adjacent to an activating group) is 1. The van der Waals surface area contributed by atoms with Gasteiger partial charge in [0.05, 0.1) is 6.04 Å². The summed E-state index contributed by atoms with van der Waals surface area (Å²) >= 11 is 0. The smallest absolute Gasteiger partial charge is 0.289 e. The number of aryl methyl sites for hydroxylation is 2. The van der Waals surface area contributed by atoms with Crippen LogP contribution in [0.1, 0.15) is 47.4 Å². The molecule has 1 aromatic heterocycles. The summed E-state index contributed by atoms with van der Waals surface area (Å²) in [6.45, 7) is 3.91. The monoisotopic (exact) mass is 407 g/mol. The molecule has 5 heteroatoms. The quantitative estimate of drug-likeness (QED) is 0.627. The van der Waals surface area contributed by atoms with Crippen molar-refractivity contribution >= 4 is 16.9 Å². The molecular weight excluding hydrogens is 378 g/mol. The molecule has 4 rings (SSSR count). The Labute approximate surface area is 177 Å². The highest BCUT2D eigenvalue weighted by Crippen LogP contribution is 2.30. The summed E-state index contributed by atoms with van der Waals surface area (Å²) in [5.74, 6) is 0.875. The second-order valence-electron chi connectivity index (χ2n) is 8.28. The first-order valence-electron chi connectivity index (χ1n) is 10.6. The maximum absolute atomic E-state index is 13.3. The van der Waals surface area contributed by atoms with E-state index in [4.69, 9.17) is 9.15 Å². The Morgan fingerprint density at radius 3 is 2.60 bits per heavy atom. The molecule has 0 spiro atoms. The van der Waals surface area contributed by atoms with Gasteiger partial charge in [-0.1, -0.05) is 36.8 Å². The lowest BCUT2D eigenvalue weighted by Gasteiger charge is -2.33. The van der Waals surface area contributed by atoms with Crippen molar-refractivity contribution in [2.45, 2.75) is 57.8 Å². The van der Waals surface area contributed by atoms with Crippen molar-refractivity contribution in [2.75, 3.05) is 7.05 Å². The van der Waals surface area contributed by atoms with Crippen molar-refractivity contribution in [3.05, 3.63) is 65.4 Å². The van der Waals surface area contributed by atoms with Gasteiger partial charge in [-0.05, 0) is 56.9 Å². The average Bonchev–Trinajstić information content (AvgIpc) is 2.96. The van der Waals surface area contributed by atoms with Crippen LogP contribution in [0, 0.1) is 13.8 Å². The van der Waals surface area contributed by atoms with Crippen LogP contribution in [0.15, 0.2) is 52.9 Å². The van der Waals surface area contributed by atoms with Gasteiger partial charge in [0.15, 0.2) is 5.76 Å². The van der Waals surface area contributed by atoms with Crippen LogP contribution in [0.4, 0.5) is 0 Å². The van der Waals surface area contributed by atoms with Crippen molar-refractivity contribution < 1.29 is 19.1 Å². The zero-order chi connectivity index (χ0) is 21.3. The van der Waals surface area contributed by atoms with Gasteiger partial charge in [0.1, 0.15) is 23.5 Å². The summed E-state index contributed by atoms with van der Waals surface area (Å²) in [5.41, 5.74) is 2.64. The third kappa shape index (κ3) is 3.94. The van der Waals surface area contributed by atoms with Crippen molar-refractivity contribution in [1.82, 2.24) is 4.90 Å². The van der Waals surface area contributed by atoms with E-state index in [0.717, 1.165) is 53.5 Å². The molecule has 3 aromatic rings. The Bertz CT molecular complexity index is 1030. The number of carbonyl (C=O) groups excluding carboxylic acids is 1. The normalized spacial score (nSPS) is 21.9. The minimum absolute atomic E-state index is 0.203. The third-order valence-electron chi connectivity index (χ3n) is 6.15. The van der Waals surface area contributed by atoms with E-state index in [1.54, 1.807) is 11.9 Å². The van der Waals surface area contributed by atoms with Crippen LogP contribution in [0.25, 0.3) is 11.0 Å². The average molecular weight is 408 g/mol. The van der Waals surface area contributed by atoms with Gasteiger partial charge in [-0.25, -0.2) is 0 Å². The number of para-hydroxylation sites is 1. The highest BCUT2D eigenvalue weighted by atomic mass is 16.5. The number of ether oxygens (including phenoxy) is 1. The molecule has 1 N–H and O–H groups in total. The Kier molecular flexibility index (Phi) is 5.82. The Morgan fingerprint density at radius 2 is 1.83 bits per heavy atom. The predicted octanol–water partition coefficient (Wildman–Crippen LogP) is 4.87. The number of hydrogen-bond donors (Lipinski definition) is 1. The van der Waals surface area contributed by atoms with Gasteiger partial charge >= 0.3 is 0 Å². The van der Waals surface area contributed by atoms with E-state index in [9.17, 15) is 9.90 Å². The fourth-order valence-electron chi connectivity index (χ4n) is 4.36. The first-order valence-corrected chi connectivity index (χ1v) is 10.6. The Hall–Kier alpha value is -2.79. The van der Waals surface area contributed by atoms with E-state index in [-0.39, 0.29) is 18.1 Å². The summed E-state index contributed by atoms with van der Waals surface area (Å²) in [5, 5.41) is 12.1. The number of fused-ring (bicyclic) bond motifs is 1. The second kappa shape index (κ2) is 8.52. The van der Waals surface area contributed by atoms with Crippen molar-refractivity contribution in [1.29, 1.82) is 0 Å². The van der Waals surface area contributed by atoms with Gasteiger partial charge in [0, 0.05) is 18.0 Å². The highest BCUT2D eigenvalue weighted by molar-refractivity contribution is 5.99. The molecular formula is C25H29NO4. The van der Waals surface area contributed by atoms with Crippen LogP contribution in [-0.4, -0.2) is 41.2 Å². The number of aliphatic hydroxyl groups excluding tert-OH is 1. The lowest BCUT2D eigenvalue weighted by Crippen LogP contribution is -2.50. The van der Waals surface area contributed by atoms with Gasteiger partial charge in [-0.2, -0.15) is 0 Å². The van der Waals surface area contributed by atoms with Gasteiger partial charge in [0.2, 0.25) is 0 Å². The van der Waals surface area contributed by atoms with Gasteiger partial charge in [-0.3, -0.25) is 4.79 Å². The van der Waals surface area contributed by atoms with E-state index in [1.807, 2.05) is 62.4 Å². The lowest BCUT2D eigenvalue weighted by molar-refractivity contribution is -0.0150. The minimum Gasteiger partial charge on any atom is -0.488 e. The van der Waals surface area contributed by atoms with Crippen molar-refractivity contribution in [2.24, 2.45) is 0 Å². The fraction of sp³-hybridized carbons (Fsp3) is 0.400. The van der Waals surface area contributed by atoms with Crippen LogP contribution in [0.2, 0.25) is 0 Å². The number of nitrogens with zero attached hydrogens (tertiary/aromatic N) is 1. The molecule has 0 bridgehead atoms. The highest BCUT2D eigenvalue weighted by Gasteiger charge is 2.37. The molecule has 158 valence electrons. The minimum atomic E-state index is -0.770. The SMILES string of the molecule is Cc1ccc2c(C)c(C(=O)N(C)[C@@H]3CCCC[C@@H](Oc4ccccc4)[C@@H]3O)oc2c1.